The Kier molecular flexibility index (Phi) is 57.5. The number of carbonyl (C=O) groups excluding carboxylic acids is 2. The highest BCUT2D eigenvalue weighted by molar-refractivity contribution is 5.76. The molecule has 3 N–H and O–H groups in total. The summed E-state index contributed by atoms with van der Waals surface area (Å²) in [6.07, 6.45) is 71.8. The number of rotatable bonds is 58. The van der Waals surface area contributed by atoms with Crippen molar-refractivity contribution >= 4 is 11.9 Å². The number of hydrogen-bond donors (Lipinski definition) is 3. The van der Waals surface area contributed by atoms with Crippen molar-refractivity contribution in [2.24, 2.45) is 0 Å². The molecule has 0 heterocycles. The molecule has 1 amide bonds. The molecule has 0 aliphatic carbocycles. The molecule has 0 aromatic heterocycles. The van der Waals surface area contributed by atoms with Crippen LogP contribution in [0.2, 0.25) is 0 Å². The largest absolute Gasteiger partial charge is 0.466 e. The van der Waals surface area contributed by atoms with E-state index < -0.39 is 12.1 Å². The third-order valence-electron chi connectivity index (χ3n) is 14.5. The zero-order valence-corrected chi connectivity index (χ0v) is 46.6. The van der Waals surface area contributed by atoms with Crippen molar-refractivity contribution in [1.82, 2.24) is 5.32 Å². The molecule has 2 atom stereocenters. The SMILES string of the molecule is CCCCCC/C=C\CCCCCCCC(=O)OCCCCCCCCC/C=C\CCCCCCCC(=O)NC(CO)C(O)CCCCCCCCCCCCCCCCCCCCCCCCC. The summed E-state index contributed by atoms with van der Waals surface area (Å²) >= 11 is 0. The van der Waals surface area contributed by atoms with E-state index in [2.05, 4.69) is 43.5 Å². The van der Waals surface area contributed by atoms with Crippen LogP contribution in [0.5, 0.6) is 0 Å². The van der Waals surface area contributed by atoms with Gasteiger partial charge in [-0.1, -0.05) is 276 Å². The van der Waals surface area contributed by atoms with Crippen molar-refractivity contribution in [3.8, 4) is 0 Å². The maximum atomic E-state index is 12.5. The monoisotopic (exact) mass is 972 g/mol. The second-order valence-corrected chi connectivity index (χ2v) is 21.4. The van der Waals surface area contributed by atoms with E-state index in [0.29, 0.717) is 25.9 Å². The number of nitrogens with one attached hydrogen (secondary N) is 1. The lowest BCUT2D eigenvalue weighted by Crippen LogP contribution is -2.45. The molecule has 0 saturated carbocycles. The van der Waals surface area contributed by atoms with Gasteiger partial charge in [-0.15, -0.1) is 0 Å². The van der Waals surface area contributed by atoms with E-state index in [1.807, 2.05) is 0 Å². The van der Waals surface area contributed by atoms with Crippen LogP contribution >= 0.6 is 0 Å². The van der Waals surface area contributed by atoms with E-state index >= 15 is 0 Å². The summed E-state index contributed by atoms with van der Waals surface area (Å²) in [4.78, 5) is 24.5. The van der Waals surface area contributed by atoms with Crippen LogP contribution < -0.4 is 5.32 Å². The zero-order chi connectivity index (χ0) is 50.0. The summed E-state index contributed by atoms with van der Waals surface area (Å²) in [6, 6.07) is -0.555. The molecule has 408 valence electrons. The molecule has 6 nitrogen and oxygen atoms in total. The van der Waals surface area contributed by atoms with Gasteiger partial charge in [0.2, 0.25) is 5.91 Å². The zero-order valence-electron chi connectivity index (χ0n) is 46.6. The molecule has 0 aromatic rings. The lowest BCUT2D eigenvalue weighted by molar-refractivity contribution is -0.143. The lowest BCUT2D eigenvalue weighted by atomic mass is 10.0. The Morgan fingerprint density at radius 2 is 0.681 bits per heavy atom. The van der Waals surface area contributed by atoms with Crippen LogP contribution in [0.4, 0.5) is 0 Å². The number of carbonyl (C=O) groups is 2. The van der Waals surface area contributed by atoms with Gasteiger partial charge in [-0.05, 0) is 77.0 Å². The molecule has 6 heteroatoms. The summed E-state index contributed by atoms with van der Waals surface area (Å²) in [6.45, 7) is 4.93. The summed E-state index contributed by atoms with van der Waals surface area (Å²) in [5.74, 6) is -0.0603. The van der Waals surface area contributed by atoms with E-state index in [1.54, 1.807) is 0 Å². The average molecular weight is 973 g/mol. The van der Waals surface area contributed by atoms with Gasteiger partial charge in [0.15, 0.2) is 0 Å². The van der Waals surface area contributed by atoms with Crippen LogP contribution in [0.3, 0.4) is 0 Å². The molecule has 0 bridgehead atoms. The minimum atomic E-state index is -0.676. The summed E-state index contributed by atoms with van der Waals surface area (Å²) < 4.78 is 5.46. The van der Waals surface area contributed by atoms with Crippen LogP contribution in [0, 0.1) is 0 Å². The molecule has 2 unspecified atom stereocenters. The minimum absolute atomic E-state index is 0.0114. The van der Waals surface area contributed by atoms with Gasteiger partial charge in [0.05, 0.1) is 25.4 Å². The normalized spacial score (nSPS) is 12.7. The summed E-state index contributed by atoms with van der Waals surface area (Å²) in [5, 5.41) is 23.4. The van der Waals surface area contributed by atoms with E-state index in [1.165, 1.54) is 244 Å². The fraction of sp³-hybridized carbons (Fsp3) is 0.905. The Balaban J connectivity index is 3.46. The first-order chi connectivity index (χ1) is 34.0. The lowest BCUT2D eigenvalue weighted by Gasteiger charge is -2.22. The number of ether oxygens (including phenoxy) is 1. The van der Waals surface area contributed by atoms with Crippen molar-refractivity contribution in [3.63, 3.8) is 0 Å². The topological polar surface area (TPSA) is 95.9 Å². The standard InChI is InChI=1S/C63H121NO5/c1-3-5-7-9-11-13-15-17-18-19-20-21-22-23-24-25-28-32-35-39-43-47-51-55-61(66)60(59-65)64-62(67)56-52-48-44-40-36-33-29-26-27-30-34-38-42-46-50-54-58-69-63(68)57-53-49-45-41-37-31-16-14-12-10-8-6-4-2/h14,16,26,29,60-61,65-66H,3-13,15,17-25,27-28,30-59H2,1-2H3,(H,64,67)/b16-14-,29-26-. The molecule has 0 aromatic carbocycles. The van der Waals surface area contributed by atoms with Gasteiger partial charge in [0, 0.05) is 12.8 Å². The molecule has 69 heavy (non-hydrogen) atoms. The smallest absolute Gasteiger partial charge is 0.305 e. The van der Waals surface area contributed by atoms with Gasteiger partial charge in [0.1, 0.15) is 0 Å². The third kappa shape index (κ3) is 55.5. The number of unbranched alkanes of at least 4 members (excludes halogenated alkanes) is 43. The molecule has 0 fully saturated rings. The second kappa shape index (κ2) is 58.9. The van der Waals surface area contributed by atoms with Crippen molar-refractivity contribution in [2.45, 2.75) is 353 Å². The van der Waals surface area contributed by atoms with Gasteiger partial charge < -0.3 is 20.3 Å². The number of allylic oxidation sites excluding steroid dienone is 4. The number of aliphatic hydroxyl groups is 2. The third-order valence-corrected chi connectivity index (χ3v) is 14.5. The fourth-order valence-corrected chi connectivity index (χ4v) is 9.69. The van der Waals surface area contributed by atoms with Crippen molar-refractivity contribution in [3.05, 3.63) is 24.3 Å². The van der Waals surface area contributed by atoms with Crippen LogP contribution in [-0.4, -0.2) is 47.4 Å². The number of amides is 1. The molecule has 0 aliphatic rings. The highest BCUT2D eigenvalue weighted by Gasteiger charge is 2.20. The van der Waals surface area contributed by atoms with Gasteiger partial charge >= 0.3 is 5.97 Å². The average Bonchev–Trinajstić information content (AvgIpc) is 3.35. The molecule has 0 saturated heterocycles. The number of aliphatic hydroxyl groups excluding tert-OH is 2. The van der Waals surface area contributed by atoms with Crippen LogP contribution in [-0.2, 0) is 14.3 Å². The predicted molar refractivity (Wildman–Crippen MR) is 301 cm³/mol. The molecule has 0 aliphatic heterocycles. The molecule has 0 spiro atoms. The Bertz CT molecular complexity index is 1080. The van der Waals surface area contributed by atoms with Crippen molar-refractivity contribution in [1.29, 1.82) is 0 Å². The van der Waals surface area contributed by atoms with E-state index in [-0.39, 0.29) is 18.5 Å². The molecule has 0 rings (SSSR count). The number of esters is 1. The highest BCUT2D eigenvalue weighted by atomic mass is 16.5. The Hall–Kier alpha value is -1.66. The Labute approximate surface area is 431 Å². The quantitative estimate of drug-likeness (QED) is 0.0321. The maximum Gasteiger partial charge on any atom is 0.305 e. The van der Waals surface area contributed by atoms with E-state index in [9.17, 15) is 19.8 Å². The Morgan fingerprint density at radius 3 is 1.04 bits per heavy atom. The molecular weight excluding hydrogens is 851 g/mol. The van der Waals surface area contributed by atoms with Crippen LogP contribution in [0.1, 0.15) is 341 Å². The first-order valence-electron chi connectivity index (χ1n) is 31.1. The second-order valence-electron chi connectivity index (χ2n) is 21.4. The Morgan fingerprint density at radius 1 is 0.391 bits per heavy atom. The highest BCUT2D eigenvalue weighted by Crippen LogP contribution is 2.18. The van der Waals surface area contributed by atoms with Gasteiger partial charge in [-0.3, -0.25) is 9.59 Å². The fourth-order valence-electron chi connectivity index (χ4n) is 9.69. The minimum Gasteiger partial charge on any atom is -0.466 e. The first-order valence-corrected chi connectivity index (χ1v) is 31.1. The van der Waals surface area contributed by atoms with Crippen molar-refractivity contribution in [2.75, 3.05) is 13.2 Å². The van der Waals surface area contributed by atoms with Gasteiger partial charge in [0.25, 0.3) is 0 Å². The summed E-state index contributed by atoms with van der Waals surface area (Å²) in [7, 11) is 0. The molecule has 0 radical (unpaired) electrons. The number of hydrogen-bond acceptors (Lipinski definition) is 5. The van der Waals surface area contributed by atoms with Gasteiger partial charge in [-0.2, -0.15) is 0 Å². The van der Waals surface area contributed by atoms with Gasteiger partial charge in [-0.25, -0.2) is 0 Å². The first kappa shape index (κ1) is 67.3. The van der Waals surface area contributed by atoms with Crippen LogP contribution in [0.25, 0.3) is 0 Å². The molecular formula is C63H121NO5. The van der Waals surface area contributed by atoms with Crippen molar-refractivity contribution < 1.29 is 24.5 Å². The summed E-state index contributed by atoms with van der Waals surface area (Å²) in [5.41, 5.74) is 0. The van der Waals surface area contributed by atoms with E-state index in [4.69, 9.17) is 4.74 Å². The van der Waals surface area contributed by atoms with Crippen LogP contribution in [0.15, 0.2) is 24.3 Å². The maximum absolute atomic E-state index is 12.5. The predicted octanol–water partition coefficient (Wildman–Crippen LogP) is 19.4. The van der Waals surface area contributed by atoms with E-state index in [0.717, 1.165) is 64.2 Å².